The van der Waals surface area contributed by atoms with Gasteiger partial charge >= 0.3 is 0 Å². The molecule has 0 amide bonds. The second-order valence-electron chi connectivity index (χ2n) is 3.60. The number of hydrogen-bond donors (Lipinski definition) is 1. The lowest BCUT2D eigenvalue weighted by molar-refractivity contribution is 0.957. The Kier molecular flexibility index (Phi) is 4.13. The molecule has 0 aliphatic heterocycles. The van der Waals surface area contributed by atoms with E-state index in [9.17, 15) is 0 Å². The summed E-state index contributed by atoms with van der Waals surface area (Å²) >= 11 is 7.04. The van der Waals surface area contributed by atoms with E-state index in [0.717, 1.165) is 27.5 Å². The van der Waals surface area contributed by atoms with Crippen molar-refractivity contribution in [3.63, 3.8) is 0 Å². The molecule has 0 aromatic carbocycles. The second-order valence-corrected chi connectivity index (χ2v) is 5.55. The van der Waals surface area contributed by atoms with Gasteiger partial charge in [0.15, 0.2) is 0 Å². The van der Waals surface area contributed by atoms with E-state index in [-0.39, 0.29) is 0 Å². The third-order valence-corrected chi connectivity index (χ3v) is 3.51. The Labute approximate surface area is 94.5 Å². The van der Waals surface area contributed by atoms with E-state index in [1.54, 1.807) is 0 Å². The molecule has 1 aromatic rings. The van der Waals surface area contributed by atoms with E-state index in [1.807, 2.05) is 25.6 Å². The molecule has 2 nitrogen and oxygen atoms in total. The number of rotatable bonds is 3. The number of H-pyrrole nitrogens is 1. The van der Waals surface area contributed by atoms with Crippen LogP contribution >= 0.6 is 24.0 Å². The average molecular weight is 228 g/mol. The highest BCUT2D eigenvalue weighted by Gasteiger charge is 2.02. The van der Waals surface area contributed by atoms with Gasteiger partial charge in [0.1, 0.15) is 10.5 Å². The van der Waals surface area contributed by atoms with Gasteiger partial charge in [-0.15, -0.1) is 0 Å². The van der Waals surface area contributed by atoms with Gasteiger partial charge in [0.05, 0.1) is 5.75 Å². The molecule has 0 bridgehead atoms. The van der Waals surface area contributed by atoms with E-state index >= 15 is 0 Å². The van der Waals surface area contributed by atoms with Gasteiger partial charge in [-0.3, -0.25) is 0 Å². The van der Waals surface area contributed by atoms with E-state index in [2.05, 4.69) is 23.8 Å². The number of hydrogen-bond acceptors (Lipinski definition) is 3. The van der Waals surface area contributed by atoms with Crippen LogP contribution in [0.5, 0.6) is 0 Å². The van der Waals surface area contributed by atoms with Crippen molar-refractivity contribution in [2.45, 2.75) is 38.7 Å². The molecule has 1 heterocycles. The first-order valence-corrected chi connectivity index (χ1v) is 6.14. The van der Waals surface area contributed by atoms with Crippen molar-refractivity contribution in [2.75, 3.05) is 0 Å². The fraction of sp³-hybridized carbons (Fsp3) is 0.600. The standard InChI is InChI=1S/C10H16N2S2/c1-6(2)14-5-9-11-8(4)7(3)10(13)12-9/h6H,5H2,1-4H3,(H,11,12,13). The van der Waals surface area contributed by atoms with Crippen LogP contribution in [-0.4, -0.2) is 15.2 Å². The molecule has 0 unspecified atom stereocenters. The predicted molar refractivity (Wildman–Crippen MR) is 65.3 cm³/mol. The van der Waals surface area contributed by atoms with Crippen molar-refractivity contribution in [2.24, 2.45) is 0 Å². The zero-order chi connectivity index (χ0) is 10.7. The first-order chi connectivity index (χ1) is 6.50. The van der Waals surface area contributed by atoms with Crippen LogP contribution in [0.1, 0.15) is 30.9 Å². The van der Waals surface area contributed by atoms with Gasteiger partial charge in [-0.1, -0.05) is 26.1 Å². The first-order valence-electron chi connectivity index (χ1n) is 4.68. The molecule has 78 valence electrons. The van der Waals surface area contributed by atoms with Gasteiger partial charge < -0.3 is 4.98 Å². The highest BCUT2D eigenvalue weighted by molar-refractivity contribution is 7.99. The average Bonchev–Trinajstić information content (AvgIpc) is 2.10. The van der Waals surface area contributed by atoms with E-state index in [0.29, 0.717) is 5.25 Å². The molecule has 0 aliphatic rings. The third kappa shape index (κ3) is 3.10. The fourth-order valence-electron chi connectivity index (χ4n) is 1.02. The molecule has 14 heavy (non-hydrogen) atoms. The zero-order valence-corrected chi connectivity index (χ0v) is 10.7. The maximum atomic E-state index is 5.17. The van der Waals surface area contributed by atoms with Crippen LogP contribution in [0.2, 0.25) is 0 Å². The van der Waals surface area contributed by atoms with Gasteiger partial charge in [-0.05, 0) is 19.1 Å². The Morgan fingerprint density at radius 2 is 2.07 bits per heavy atom. The smallest absolute Gasteiger partial charge is 0.132 e. The largest absolute Gasteiger partial charge is 0.346 e. The third-order valence-electron chi connectivity index (χ3n) is 2.00. The predicted octanol–water partition coefficient (Wildman–Crippen LogP) is 3.40. The van der Waals surface area contributed by atoms with E-state index < -0.39 is 0 Å². The molecule has 1 rings (SSSR count). The molecule has 0 radical (unpaired) electrons. The topological polar surface area (TPSA) is 28.7 Å². The summed E-state index contributed by atoms with van der Waals surface area (Å²) in [6.45, 7) is 8.40. The summed E-state index contributed by atoms with van der Waals surface area (Å²) in [5.74, 6) is 1.89. The van der Waals surface area contributed by atoms with Crippen molar-refractivity contribution in [3.8, 4) is 0 Å². The molecule has 0 atom stereocenters. The Balaban J connectivity index is 2.85. The fourth-order valence-corrected chi connectivity index (χ4v) is 1.91. The Bertz CT molecular complexity index is 369. The van der Waals surface area contributed by atoms with Crippen LogP contribution in [0, 0.1) is 18.5 Å². The summed E-state index contributed by atoms with van der Waals surface area (Å²) in [6, 6.07) is 0. The maximum Gasteiger partial charge on any atom is 0.132 e. The Morgan fingerprint density at radius 1 is 1.43 bits per heavy atom. The quantitative estimate of drug-likeness (QED) is 0.804. The summed E-state index contributed by atoms with van der Waals surface area (Å²) < 4.78 is 0.723. The van der Waals surface area contributed by atoms with Crippen molar-refractivity contribution in [1.29, 1.82) is 0 Å². The van der Waals surface area contributed by atoms with Crippen molar-refractivity contribution < 1.29 is 0 Å². The number of thioether (sulfide) groups is 1. The van der Waals surface area contributed by atoms with Gasteiger partial charge in [-0.25, -0.2) is 4.98 Å². The summed E-state index contributed by atoms with van der Waals surface area (Å²) in [6.07, 6.45) is 0. The molecule has 1 aromatic heterocycles. The molecule has 0 aliphatic carbocycles. The zero-order valence-electron chi connectivity index (χ0n) is 9.05. The van der Waals surface area contributed by atoms with Crippen LogP contribution in [0.25, 0.3) is 0 Å². The van der Waals surface area contributed by atoms with Crippen LogP contribution in [0.3, 0.4) is 0 Å². The Hall–Kier alpha value is -0.350. The van der Waals surface area contributed by atoms with Gasteiger partial charge in [0.2, 0.25) is 0 Å². The van der Waals surface area contributed by atoms with Crippen LogP contribution < -0.4 is 0 Å². The van der Waals surface area contributed by atoms with Crippen LogP contribution in [-0.2, 0) is 5.75 Å². The minimum Gasteiger partial charge on any atom is -0.346 e. The summed E-state index contributed by atoms with van der Waals surface area (Å²) in [7, 11) is 0. The molecule has 0 fully saturated rings. The molecular weight excluding hydrogens is 212 g/mol. The van der Waals surface area contributed by atoms with Gasteiger partial charge in [-0.2, -0.15) is 11.8 Å². The lowest BCUT2D eigenvalue weighted by Crippen LogP contribution is -2.00. The van der Waals surface area contributed by atoms with Crippen LogP contribution in [0.15, 0.2) is 0 Å². The van der Waals surface area contributed by atoms with E-state index in [1.165, 1.54) is 0 Å². The molecule has 0 saturated heterocycles. The van der Waals surface area contributed by atoms with Crippen molar-refractivity contribution in [1.82, 2.24) is 9.97 Å². The number of nitrogens with one attached hydrogen (secondary N) is 1. The molecule has 0 saturated carbocycles. The van der Waals surface area contributed by atoms with Gasteiger partial charge in [0.25, 0.3) is 0 Å². The number of aromatic amines is 1. The monoisotopic (exact) mass is 228 g/mol. The minimum atomic E-state index is 0.625. The maximum absolute atomic E-state index is 5.17. The van der Waals surface area contributed by atoms with Gasteiger partial charge in [0, 0.05) is 11.3 Å². The SMILES string of the molecule is Cc1[nH]c(CSC(C)C)nc(=S)c1C. The summed E-state index contributed by atoms with van der Waals surface area (Å²) in [5.41, 5.74) is 2.21. The minimum absolute atomic E-state index is 0.625. The second kappa shape index (κ2) is 4.94. The highest BCUT2D eigenvalue weighted by Crippen LogP contribution is 2.15. The lowest BCUT2D eigenvalue weighted by Gasteiger charge is -2.07. The first kappa shape index (κ1) is 11.7. The van der Waals surface area contributed by atoms with Crippen molar-refractivity contribution >= 4 is 24.0 Å². The molecule has 0 spiro atoms. The normalized spacial score (nSPS) is 10.9. The molecular formula is C10H16N2S2. The van der Waals surface area contributed by atoms with Crippen molar-refractivity contribution in [3.05, 3.63) is 21.7 Å². The summed E-state index contributed by atoms with van der Waals surface area (Å²) in [5, 5.41) is 0.625. The number of aromatic nitrogens is 2. The summed E-state index contributed by atoms with van der Waals surface area (Å²) in [4.78, 5) is 7.62. The van der Waals surface area contributed by atoms with Crippen LogP contribution in [0.4, 0.5) is 0 Å². The number of aryl methyl sites for hydroxylation is 1. The molecule has 1 N–H and O–H groups in total. The highest BCUT2D eigenvalue weighted by atomic mass is 32.2. The van der Waals surface area contributed by atoms with E-state index in [4.69, 9.17) is 12.2 Å². The molecule has 4 heteroatoms. The lowest BCUT2D eigenvalue weighted by atomic mass is 10.3. The Morgan fingerprint density at radius 3 is 2.57 bits per heavy atom. The number of nitrogens with zero attached hydrogens (tertiary/aromatic N) is 1.